The van der Waals surface area contributed by atoms with E-state index in [9.17, 15) is 0 Å². The predicted molar refractivity (Wildman–Crippen MR) is 78.4 cm³/mol. The van der Waals surface area contributed by atoms with Crippen molar-refractivity contribution >= 4 is 17.8 Å². The first kappa shape index (κ1) is 14.3. The van der Waals surface area contributed by atoms with Gasteiger partial charge in [-0.3, -0.25) is 0 Å². The molecule has 2 N–H and O–H groups in total. The lowest BCUT2D eigenvalue weighted by atomic mass is 10.1. The van der Waals surface area contributed by atoms with E-state index < -0.39 is 0 Å². The molecule has 2 rings (SSSR count). The summed E-state index contributed by atoms with van der Waals surface area (Å²) >= 11 is 0. The second-order valence-electron chi connectivity index (χ2n) is 5.16. The van der Waals surface area contributed by atoms with Gasteiger partial charge in [-0.2, -0.15) is 20.2 Å². The summed E-state index contributed by atoms with van der Waals surface area (Å²) in [5, 5.41) is 8.78. The van der Waals surface area contributed by atoms with Gasteiger partial charge in [-0.25, -0.2) is 0 Å². The van der Waals surface area contributed by atoms with Crippen LogP contribution in [0.2, 0.25) is 0 Å². The number of nitrogens with zero attached hydrogens (tertiary/aromatic N) is 6. The Morgan fingerprint density at radius 3 is 2.65 bits per heavy atom. The molecule has 1 aromatic heterocycles. The molecule has 1 fully saturated rings. The molecule has 1 unspecified atom stereocenters. The number of hydrogen-bond donors (Lipinski definition) is 1. The Bertz CT molecular complexity index is 490. The van der Waals surface area contributed by atoms with Crippen LogP contribution in [0.1, 0.15) is 32.6 Å². The Morgan fingerprint density at radius 2 is 2.00 bits per heavy atom. The molecule has 1 aliphatic rings. The first-order valence-corrected chi connectivity index (χ1v) is 6.98. The summed E-state index contributed by atoms with van der Waals surface area (Å²) in [6.07, 6.45) is 3.98. The normalized spacial score (nSPS) is 16.6. The molecule has 0 saturated carbocycles. The monoisotopic (exact) mass is 275 g/mol. The van der Waals surface area contributed by atoms with E-state index in [-0.39, 0.29) is 12.0 Å². The van der Waals surface area contributed by atoms with Crippen molar-refractivity contribution in [1.82, 2.24) is 15.0 Å². The fraction of sp³-hybridized carbons (Fsp3) is 0.692. The molecular formula is C13H21N7. The van der Waals surface area contributed by atoms with Crippen molar-refractivity contribution in [1.29, 1.82) is 5.26 Å². The molecule has 108 valence electrons. The van der Waals surface area contributed by atoms with Crippen molar-refractivity contribution in [3.63, 3.8) is 0 Å². The van der Waals surface area contributed by atoms with Gasteiger partial charge in [0.1, 0.15) is 0 Å². The molecule has 20 heavy (non-hydrogen) atoms. The van der Waals surface area contributed by atoms with Gasteiger partial charge in [-0.05, 0) is 26.2 Å². The zero-order valence-corrected chi connectivity index (χ0v) is 12.1. The van der Waals surface area contributed by atoms with Crippen LogP contribution < -0.4 is 15.5 Å². The van der Waals surface area contributed by atoms with Crippen LogP contribution in [0.25, 0.3) is 0 Å². The molecule has 7 nitrogen and oxygen atoms in total. The lowest BCUT2D eigenvalue weighted by molar-refractivity contribution is 0.566. The van der Waals surface area contributed by atoms with Gasteiger partial charge in [-0.1, -0.05) is 0 Å². The Balaban J connectivity index is 2.21. The van der Waals surface area contributed by atoms with Crippen molar-refractivity contribution in [2.45, 2.75) is 38.6 Å². The third-order valence-corrected chi connectivity index (χ3v) is 3.63. The van der Waals surface area contributed by atoms with E-state index in [4.69, 9.17) is 11.0 Å². The molecule has 0 amide bonds. The summed E-state index contributed by atoms with van der Waals surface area (Å²) < 4.78 is 0. The second kappa shape index (κ2) is 6.37. The summed E-state index contributed by atoms with van der Waals surface area (Å²) in [7, 11) is 1.87. The molecule has 1 aromatic rings. The molecule has 0 spiro atoms. The van der Waals surface area contributed by atoms with Crippen LogP contribution in [0.3, 0.4) is 0 Å². The van der Waals surface area contributed by atoms with Crippen molar-refractivity contribution < 1.29 is 0 Å². The number of rotatable bonds is 4. The van der Waals surface area contributed by atoms with Crippen LogP contribution in [0.5, 0.6) is 0 Å². The van der Waals surface area contributed by atoms with E-state index in [0.29, 0.717) is 18.3 Å². The lowest BCUT2D eigenvalue weighted by Crippen LogP contribution is -2.34. The molecule has 2 heterocycles. The number of nitrogen functional groups attached to an aromatic ring is 1. The van der Waals surface area contributed by atoms with Gasteiger partial charge in [0.05, 0.1) is 12.5 Å². The number of piperidine rings is 1. The Hall–Kier alpha value is -2.10. The second-order valence-corrected chi connectivity index (χ2v) is 5.16. The summed E-state index contributed by atoms with van der Waals surface area (Å²) in [5.41, 5.74) is 5.80. The minimum absolute atomic E-state index is 0.0380. The fourth-order valence-corrected chi connectivity index (χ4v) is 2.23. The zero-order chi connectivity index (χ0) is 14.5. The molecule has 0 aliphatic carbocycles. The van der Waals surface area contributed by atoms with Crippen molar-refractivity contribution in [2.24, 2.45) is 0 Å². The minimum Gasteiger partial charge on any atom is -0.368 e. The third-order valence-electron chi connectivity index (χ3n) is 3.63. The SMILES string of the molecule is CC(CC#N)N(C)c1nc(N)nc(N2CCCCC2)n1. The molecule has 1 aliphatic heterocycles. The van der Waals surface area contributed by atoms with Crippen molar-refractivity contribution in [2.75, 3.05) is 35.7 Å². The zero-order valence-electron chi connectivity index (χ0n) is 12.1. The molecular weight excluding hydrogens is 254 g/mol. The van der Waals surface area contributed by atoms with Gasteiger partial charge < -0.3 is 15.5 Å². The molecule has 1 saturated heterocycles. The summed E-state index contributed by atoms with van der Waals surface area (Å²) in [5.74, 6) is 1.40. The van der Waals surface area contributed by atoms with Crippen LogP contribution in [-0.4, -0.2) is 41.1 Å². The number of hydrogen-bond acceptors (Lipinski definition) is 7. The Labute approximate surface area is 119 Å². The lowest BCUT2D eigenvalue weighted by Gasteiger charge is -2.28. The van der Waals surface area contributed by atoms with E-state index in [1.165, 1.54) is 6.42 Å². The summed E-state index contributed by atoms with van der Waals surface area (Å²) in [6, 6.07) is 2.19. The minimum atomic E-state index is 0.0380. The predicted octanol–water partition coefficient (Wildman–Crippen LogP) is 1.18. The van der Waals surface area contributed by atoms with Crippen molar-refractivity contribution in [3.8, 4) is 6.07 Å². The molecule has 1 atom stereocenters. The number of nitriles is 1. The van der Waals surface area contributed by atoms with Crippen LogP contribution in [0.4, 0.5) is 17.8 Å². The quantitative estimate of drug-likeness (QED) is 0.881. The van der Waals surface area contributed by atoms with Gasteiger partial charge in [-0.15, -0.1) is 0 Å². The maximum absolute atomic E-state index is 8.78. The van der Waals surface area contributed by atoms with Gasteiger partial charge in [0.15, 0.2) is 0 Å². The highest BCUT2D eigenvalue weighted by Crippen LogP contribution is 2.20. The van der Waals surface area contributed by atoms with Gasteiger partial charge in [0.25, 0.3) is 0 Å². The van der Waals surface area contributed by atoms with Gasteiger partial charge in [0.2, 0.25) is 17.8 Å². The molecule has 0 aromatic carbocycles. The highest BCUT2D eigenvalue weighted by atomic mass is 15.4. The van der Waals surface area contributed by atoms with Gasteiger partial charge in [0, 0.05) is 26.2 Å². The van der Waals surface area contributed by atoms with Crippen LogP contribution >= 0.6 is 0 Å². The topological polar surface area (TPSA) is 95.0 Å². The number of nitrogens with two attached hydrogens (primary N) is 1. The fourth-order valence-electron chi connectivity index (χ4n) is 2.23. The Kier molecular flexibility index (Phi) is 4.56. The maximum atomic E-state index is 8.78. The molecule has 0 radical (unpaired) electrons. The summed E-state index contributed by atoms with van der Waals surface area (Å²) in [4.78, 5) is 16.9. The van der Waals surface area contributed by atoms with E-state index in [0.717, 1.165) is 25.9 Å². The first-order valence-electron chi connectivity index (χ1n) is 6.98. The maximum Gasteiger partial charge on any atom is 0.231 e. The number of anilines is 3. The van der Waals surface area contributed by atoms with E-state index in [1.54, 1.807) is 0 Å². The van der Waals surface area contributed by atoms with Crippen molar-refractivity contribution in [3.05, 3.63) is 0 Å². The van der Waals surface area contributed by atoms with E-state index >= 15 is 0 Å². The highest BCUT2D eigenvalue weighted by molar-refractivity contribution is 5.43. The standard InChI is InChI=1S/C13H21N7/c1-10(6-7-14)19(2)12-16-11(15)17-13(18-12)20-8-4-3-5-9-20/h10H,3-6,8-9H2,1-2H3,(H2,15,16,17,18). The first-order chi connectivity index (χ1) is 9.61. The average Bonchev–Trinajstić information content (AvgIpc) is 2.47. The molecule has 7 heteroatoms. The van der Waals surface area contributed by atoms with Crippen LogP contribution in [-0.2, 0) is 0 Å². The third kappa shape index (κ3) is 3.26. The highest BCUT2D eigenvalue weighted by Gasteiger charge is 2.18. The Morgan fingerprint density at radius 1 is 1.30 bits per heavy atom. The van der Waals surface area contributed by atoms with Gasteiger partial charge >= 0.3 is 0 Å². The smallest absolute Gasteiger partial charge is 0.231 e. The number of aromatic nitrogens is 3. The van der Waals surface area contributed by atoms with E-state index in [1.807, 2.05) is 18.9 Å². The average molecular weight is 275 g/mol. The summed E-state index contributed by atoms with van der Waals surface area (Å²) in [6.45, 7) is 3.88. The van der Waals surface area contributed by atoms with Crippen LogP contribution in [0, 0.1) is 11.3 Å². The molecule has 0 bridgehead atoms. The van der Waals surface area contributed by atoms with E-state index in [2.05, 4.69) is 25.9 Å². The van der Waals surface area contributed by atoms with Crippen LogP contribution in [0.15, 0.2) is 0 Å². The largest absolute Gasteiger partial charge is 0.368 e.